The Morgan fingerprint density at radius 2 is 1.97 bits per heavy atom. The van der Waals surface area contributed by atoms with E-state index in [1.54, 1.807) is 12.4 Å². The zero-order valence-electron chi connectivity index (χ0n) is 17.8. The van der Waals surface area contributed by atoms with Crippen LogP contribution in [0, 0.1) is 0 Å². The highest BCUT2D eigenvalue weighted by molar-refractivity contribution is 7.99. The number of anilines is 1. The first-order valence-corrected chi connectivity index (χ1v) is 11.3. The van der Waals surface area contributed by atoms with Crippen molar-refractivity contribution in [2.75, 3.05) is 17.4 Å². The van der Waals surface area contributed by atoms with Gasteiger partial charge in [0.25, 0.3) is 0 Å². The number of carboxylic acids is 1. The summed E-state index contributed by atoms with van der Waals surface area (Å²) in [6, 6.07) is 19.3. The first kappa shape index (κ1) is 21.7. The van der Waals surface area contributed by atoms with Crippen LogP contribution < -0.4 is 15.2 Å². The Kier molecular flexibility index (Phi) is 6.27. The molecular weight excluding hydrogens is 456 g/mol. The summed E-state index contributed by atoms with van der Waals surface area (Å²) in [7, 11) is 0. The second-order valence-corrected chi connectivity index (χ2v) is 8.26. The molecule has 0 spiro atoms. The van der Waals surface area contributed by atoms with Gasteiger partial charge in [-0.05, 0) is 42.0 Å². The van der Waals surface area contributed by atoms with Crippen LogP contribution >= 0.6 is 11.8 Å². The summed E-state index contributed by atoms with van der Waals surface area (Å²) in [5.41, 5.74) is 6.06. The molecule has 0 amide bonds. The van der Waals surface area contributed by atoms with E-state index in [1.807, 2.05) is 59.6 Å². The molecule has 0 bridgehead atoms. The lowest BCUT2D eigenvalue weighted by Crippen LogP contribution is -2.30. The molecule has 0 fully saturated rings. The van der Waals surface area contributed by atoms with Crippen LogP contribution in [0.1, 0.15) is 5.56 Å². The van der Waals surface area contributed by atoms with Gasteiger partial charge in [0.2, 0.25) is 0 Å². The molecular formula is C23H20N6O4S. The molecule has 5 rings (SSSR count). The predicted molar refractivity (Wildman–Crippen MR) is 128 cm³/mol. The Bertz CT molecular complexity index is 1320. The number of thioether (sulfide) groups is 1. The summed E-state index contributed by atoms with van der Waals surface area (Å²) in [6.07, 6.45) is 1.76. The lowest BCUT2D eigenvalue weighted by molar-refractivity contribution is -0.133. The smallest absolute Gasteiger partial charge is 0.313 e. The monoisotopic (exact) mass is 476 g/mol. The van der Waals surface area contributed by atoms with Gasteiger partial charge in [0, 0.05) is 5.56 Å². The summed E-state index contributed by atoms with van der Waals surface area (Å²) in [5.74, 6) is 1.30. The number of rotatable bonds is 9. The van der Waals surface area contributed by atoms with Gasteiger partial charge < -0.3 is 19.2 Å². The van der Waals surface area contributed by atoms with Crippen LogP contribution in [-0.2, 0) is 11.4 Å². The number of carboxylic acid groups (broad SMARTS) is 1. The van der Waals surface area contributed by atoms with Crippen LogP contribution in [0.2, 0.25) is 0 Å². The van der Waals surface area contributed by atoms with Crippen LogP contribution in [0.4, 0.5) is 5.69 Å². The molecule has 10 nitrogen and oxygen atoms in total. The Balaban J connectivity index is 1.22. The fourth-order valence-corrected chi connectivity index (χ4v) is 3.80. The van der Waals surface area contributed by atoms with Crippen molar-refractivity contribution in [3.05, 3.63) is 66.2 Å². The van der Waals surface area contributed by atoms with E-state index >= 15 is 0 Å². The molecule has 0 unspecified atom stereocenters. The van der Waals surface area contributed by atoms with Crippen LogP contribution in [0.5, 0.6) is 5.75 Å². The van der Waals surface area contributed by atoms with Gasteiger partial charge in [-0.15, -0.1) is 10.2 Å². The third-order valence-electron chi connectivity index (χ3n) is 4.91. The summed E-state index contributed by atoms with van der Waals surface area (Å²) >= 11 is 1.06. The zero-order valence-corrected chi connectivity index (χ0v) is 18.7. The molecule has 0 radical (unpaired) electrons. The fraction of sp³-hybridized carbons (Fsp3) is 0.130. The minimum absolute atomic E-state index is 0.0978. The summed E-state index contributed by atoms with van der Waals surface area (Å²) in [4.78, 5) is 17.8. The molecule has 11 heteroatoms. The largest absolute Gasteiger partial charge is 0.489 e. The highest BCUT2D eigenvalue weighted by atomic mass is 32.2. The molecule has 0 saturated carbocycles. The molecule has 3 N–H and O–H groups in total. The first-order valence-electron chi connectivity index (χ1n) is 10.4. The van der Waals surface area contributed by atoms with E-state index in [1.165, 1.54) is 0 Å². The number of aliphatic carboxylic acids is 1. The van der Waals surface area contributed by atoms with Crippen LogP contribution in [0.3, 0.4) is 0 Å². The SMILES string of the molecule is O=C(O)CSc1nnc(-c2ccc(-c3cccc(OCc4ccc(N5C=NCN5)cc4)c3)o2)[nH]1. The van der Waals surface area contributed by atoms with E-state index in [0.717, 1.165) is 34.3 Å². The van der Waals surface area contributed by atoms with Gasteiger partial charge in [-0.3, -0.25) is 14.8 Å². The summed E-state index contributed by atoms with van der Waals surface area (Å²) < 4.78 is 11.9. The number of hydrogen-bond donors (Lipinski definition) is 3. The highest BCUT2D eigenvalue weighted by Crippen LogP contribution is 2.30. The van der Waals surface area contributed by atoms with Gasteiger partial charge in [0.1, 0.15) is 31.1 Å². The Morgan fingerprint density at radius 3 is 2.76 bits per heavy atom. The van der Waals surface area contributed by atoms with Crippen LogP contribution in [-0.4, -0.2) is 45.0 Å². The Morgan fingerprint density at radius 1 is 1.12 bits per heavy atom. The Labute approximate surface area is 198 Å². The normalized spacial score (nSPS) is 12.9. The first-order chi connectivity index (χ1) is 16.6. The number of benzene rings is 2. The highest BCUT2D eigenvalue weighted by Gasteiger charge is 2.13. The maximum absolute atomic E-state index is 10.7. The molecule has 1 aliphatic heterocycles. The molecule has 0 atom stereocenters. The maximum atomic E-state index is 10.7. The lowest BCUT2D eigenvalue weighted by atomic mass is 10.1. The van der Waals surface area contributed by atoms with Gasteiger partial charge in [0.05, 0.1) is 11.4 Å². The number of ether oxygens (including phenoxy) is 1. The number of hydrogen-bond acceptors (Lipinski definition) is 9. The van der Waals surface area contributed by atoms with E-state index in [9.17, 15) is 4.79 Å². The van der Waals surface area contributed by atoms with Gasteiger partial charge in [-0.1, -0.05) is 36.0 Å². The van der Waals surface area contributed by atoms with Crippen molar-refractivity contribution < 1.29 is 19.1 Å². The molecule has 3 heterocycles. The van der Waals surface area contributed by atoms with E-state index < -0.39 is 5.97 Å². The molecule has 172 valence electrons. The van der Waals surface area contributed by atoms with Crippen molar-refractivity contribution in [1.29, 1.82) is 0 Å². The van der Waals surface area contributed by atoms with Gasteiger partial charge in [0.15, 0.2) is 16.7 Å². The number of H-pyrrole nitrogens is 1. The van der Waals surface area contributed by atoms with E-state index in [-0.39, 0.29) is 5.75 Å². The topological polar surface area (TPSA) is 129 Å². The van der Waals surface area contributed by atoms with Crippen molar-refractivity contribution >= 4 is 29.8 Å². The number of aromatic amines is 1. The lowest BCUT2D eigenvalue weighted by Gasteiger charge is -2.14. The van der Waals surface area contributed by atoms with E-state index in [2.05, 4.69) is 25.6 Å². The number of furan rings is 1. The number of aromatic nitrogens is 3. The van der Waals surface area contributed by atoms with Crippen LogP contribution in [0.25, 0.3) is 22.9 Å². The number of nitrogens with zero attached hydrogens (tertiary/aromatic N) is 4. The number of nitrogens with one attached hydrogen (secondary N) is 2. The van der Waals surface area contributed by atoms with Gasteiger partial charge >= 0.3 is 5.97 Å². The second kappa shape index (κ2) is 9.81. The average Bonchev–Trinajstić information content (AvgIpc) is 3.63. The van der Waals surface area contributed by atoms with Gasteiger partial charge in [-0.25, -0.2) is 5.43 Å². The summed E-state index contributed by atoms with van der Waals surface area (Å²) in [5, 5.41) is 19.1. The molecule has 0 aliphatic carbocycles. The number of aliphatic imine (C=N–C) groups is 1. The third kappa shape index (κ3) is 5.11. The molecule has 0 saturated heterocycles. The second-order valence-electron chi connectivity index (χ2n) is 7.29. The number of carbonyl (C=O) groups is 1. The minimum Gasteiger partial charge on any atom is -0.489 e. The van der Waals surface area contributed by atoms with E-state index in [0.29, 0.717) is 35.8 Å². The van der Waals surface area contributed by atoms with Crippen molar-refractivity contribution in [1.82, 2.24) is 20.6 Å². The van der Waals surface area contributed by atoms with Crippen molar-refractivity contribution in [2.24, 2.45) is 4.99 Å². The van der Waals surface area contributed by atoms with Gasteiger partial charge in [-0.2, -0.15) is 0 Å². The zero-order chi connectivity index (χ0) is 23.3. The van der Waals surface area contributed by atoms with Crippen LogP contribution in [0.15, 0.2) is 75.2 Å². The quantitative estimate of drug-likeness (QED) is 0.309. The average molecular weight is 477 g/mol. The third-order valence-corrected chi connectivity index (χ3v) is 5.75. The molecule has 4 aromatic rings. The molecule has 1 aliphatic rings. The molecule has 34 heavy (non-hydrogen) atoms. The molecule has 2 aromatic carbocycles. The molecule has 2 aromatic heterocycles. The fourth-order valence-electron chi connectivity index (χ4n) is 3.27. The maximum Gasteiger partial charge on any atom is 0.313 e. The number of hydrazine groups is 1. The standard InChI is InChI=1S/C23H20N6O4S/c30-21(31)12-34-23-26-22(27-28-23)20-9-8-19(33-20)16-2-1-3-18(10-16)32-11-15-4-6-17(7-5-15)29-14-24-13-25-29/h1-10,14,25H,11-13H2,(H,30,31)(H,26,27,28). The van der Waals surface area contributed by atoms with Crippen molar-refractivity contribution in [3.8, 4) is 28.7 Å². The van der Waals surface area contributed by atoms with E-state index in [4.69, 9.17) is 14.3 Å². The summed E-state index contributed by atoms with van der Waals surface area (Å²) in [6.45, 7) is 1.02. The van der Waals surface area contributed by atoms with Crippen molar-refractivity contribution in [2.45, 2.75) is 11.8 Å². The minimum atomic E-state index is -0.920. The van der Waals surface area contributed by atoms with Crippen molar-refractivity contribution in [3.63, 3.8) is 0 Å². The predicted octanol–water partition coefficient (Wildman–Crippen LogP) is 3.80. The Hall–Kier alpha value is -4.09.